The Morgan fingerprint density at radius 3 is 2.92 bits per heavy atom. The average Bonchev–Trinajstić information content (AvgIpc) is 3.17. The Labute approximate surface area is 154 Å². The molecule has 0 radical (unpaired) electrons. The van der Waals surface area contributed by atoms with Crippen molar-refractivity contribution in [3.05, 3.63) is 71.2 Å². The second kappa shape index (κ2) is 7.92. The number of hydrogen-bond acceptors (Lipinski definition) is 4. The molecule has 3 rings (SSSR count). The van der Waals surface area contributed by atoms with E-state index in [-0.39, 0.29) is 29.7 Å². The zero-order valence-corrected chi connectivity index (χ0v) is 14.7. The van der Waals surface area contributed by atoms with E-state index in [0.717, 1.165) is 5.56 Å². The lowest BCUT2D eigenvalue weighted by molar-refractivity contribution is 0.206. The fraction of sp³-hybridized carbons (Fsp3) is 0.176. The summed E-state index contributed by atoms with van der Waals surface area (Å²) >= 11 is 6.01. The van der Waals surface area contributed by atoms with Crippen molar-refractivity contribution < 1.29 is 9.18 Å². The zero-order chi connectivity index (χ0) is 18.5. The summed E-state index contributed by atoms with van der Waals surface area (Å²) in [5, 5.41) is 7.11. The lowest BCUT2D eigenvalue weighted by Gasteiger charge is -2.19. The Kier molecular flexibility index (Phi) is 5.43. The molecule has 2 heterocycles. The Balaban J connectivity index is 1.66. The van der Waals surface area contributed by atoms with E-state index >= 15 is 0 Å². The van der Waals surface area contributed by atoms with E-state index in [4.69, 9.17) is 11.6 Å². The fourth-order valence-electron chi connectivity index (χ4n) is 2.39. The van der Waals surface area contributed by atoms with Crippen molar-refractivity contribution in [2.24, 2.45) is 0 Å². The largest absolute Gasteiger partial charge is 0.334 e. The molecule has 0 atom stereocenters. The fourth-order valence-corrected chi connectivity index (χ4v) is 2.61. The van der Waals surface area contributed by atoms with Crippen LogP contribution in [0.15, 0.2) is 49.2 Å². The number of carbonyl (C=O) groups is 1. The highest BCUT2D eigenvalue weighted by Gasteiger charge is 2.15. The molecule has 0 aliphatic heterocycles. The summed E-state index contributed by atoms with van der Waals surface area (Å²) in [5.41, 5.74) is 1.04. The maximum Gasteiger partial charge on any atom is 0.317 e. The second-order valence-electron chi connectivity index (χ2n) is 5.54. The molecule has 0 spiro atoms. The van der Waals surface area contributed by atoms with E-state index in [1.807, 2.05) is 6.07 Å². The molecule has 1 N–H and O–H groups in total. The van der Waals surface area contributed by atoms with E-state index in [1.165, 1.54) is 34.4 Å². The van der Waals surface area contributed by atoms with Crippen LogP contribution in [0.5, 0.6) is 0 Å². The topological polar surface area (TPSA) is 75.9 Å². The minimum absolute atomic E-state index is 0.0559. The third-order valence-corrected chi connectivity index (χ3v) is 4.09. The molecule has 0 saturated carbocycles. The summed E-state index contributed by atoms with van der Waals surface area (Å²) in [6.07, 6.45) is 4.57. The summed E-state index contributed by atoms with van der Waals surface area (Å²) in [6, 6.07) is 7.66. The van der Waals surface area contributed by atoms with Gasteiger partial charge in [0.05, 0.1) is 6.54 Å². The quantitative estimate of drug-likeness (QED) is 0.745. The number of urea groups is 1. The van der Waals surface area contributed by atoms with Crippen molar-refractivity contribution in [3.8, 4) is 5.82 Å². The third-order valence-electron chi connectivity index (χ3n) is 3.74. The van der Waals surface area contributed by atoms with Crippen molar-refractivity contribution in [1.82, 2.24) is 30.0 Å². The number of pyridine rings is 1. The smallest absolute Gasteiger partial charge is 0.317 e. The predicted octanol–water partition coefficient (Wildman–Crippen LogP) is 2.80. The highest BCUT2D eigenvalue weighted by molar-refractivity contribution is 6.31. The van der Waals surface area contributed by atoms with Crippen LogP contribution in [-0.2, 0) is 13.1 Å². The molecule has 0 saturated heterocycles. The first-order chi connectivity index (χ1) is 12.6. The van der Waals surface area contributed by atoms with Crippen molar-refractivity contribution >= 4 is 17.6 Å². The van der Waals surface area contributed by atoms with Gasteiger partial charge >= 0.3 is 6.03 Å². The number of rotatable bonds is 5. The maximum atomic E-state index is 13.9. The lowest BCUT2D eigenvalue weighted by Crippen LogP contribution is -2.36. The number of nitrogens with zero attached hydrogens (tertiary/aromatic N) is 5. The SMILES string of the molecule is CN(Cc1c(F)cccc1Cl)C(=O)NCc1cccnc1-n1cncn1. The third kappa shape index (κ3) is 3.97. The van der Waals surface area contributed by atoms with E-state index in [9.17, 15) is 9.18 Å². The summed E-state index contributed by atoms with van der Waals surface area (Å²) in [6.45, 7) is 0.289. The number of halogens is 2. The Hall–Kier alpha value is -3.00. The van der Waals surface area contributed by atoms with Gasteiger partial charge in [0.15, 0.2) is 5.82 Å². The molecule has 0 bridgehead atoms. The molecule has 0 fully saturated rings. The summed E-state index contributed by atoms with van der Waals surface area (Å²) in [5.74, 6) is 0.128. The molecule has 3 aromatic rings. The predicted molar refractivity (Wildman–Crippen MR) is 94.3 cm³/mol. The monoisotopic (exact) mass is 374 g/mol. The highest BCUT2D eigenvalue weighted by atomic mass is 35.5. The molecule has 7 nitrogen and oxygen atoms in total. The van der Waals surface area contributed by atoms with E-state index in [2.05, 4.69) is 20.4 Å². The maximum absolute atomic E-state index is 13.9. The second-order valence-corrected chi connectivity index (χ2v) is 5.95. The molecular weight excluding hydrogens is 359 g/mol. The minimum Gasteiger partial charge on any atom is -0.334 e. The van der Waals surface area contributed by atoms with Crippen LogP contribution < -0.4 is 5.32 Å². The number of amides is 2. The number of hydrogen-bond donors (Lipinski definition) is 1. The zero-order valence-electron chi connectivity index (χ0n) is 13.9. The molecule has 0 aliphatic carbocycles. The molecule has 26 heavy (non-hydrogen) atoms. The van der Waals surface area contributed by atoms with Crippen LogP contribution in [0.25, 0.3) is 5.82 Å². The summed E-state index contributed by atoms with van der Waals surface area (Å²) in [7, 11) is 1.57. The van der Waals surface area contributed by atoms with Crippen molar-refractivity contribution in [1.29, 1.82) is 0 Å². The van der Waals surface area contributed by atoms with E-state index in [0.29, 0.717) is 5.82 Å². The van der Waals surface area contributed by atoms with Crippen LogP contribution in [-0.4, -0.2) is 37.7 Å². The van der Waals surface area contributed by atoms with E-state index in [1.54, 1.807) is 25.4 Å². The molecule has 2 amide bonds. The van der Waals surface area contributed by atoms with Crippen LogP contribution in [0.2, 0.25) is 5.02 Å². The molecular formula is C17H16ClFN6O. The van der Waals surface area contributed by atoms with Crippen LogP contribution in [0.1, 0.15) is 11.1 Å². The van der Waals surface area contributed by atoms with Gasteiger partial charge in [0.1, 0.15) is 18.5 Å². The van der Waals surface area contributed by atoms with Crippen molar-refractivity contribution in [2.45, 2.75) is 13.1 Å². The van der Waals surface area contributed by atoms with Gasteiger partial charge in [-0.25, -0.2) is 23.8 Å². The molecule has 1 aromatic carbocycles. The van der Waals surface area contributed by atoms with Gasteiger partial charge in [-0.2, -0.15) is 5.10 Å². The molecule has 2 aromatic heterocycles. The Morgan fingerprint density at radius 2 is 2.19 bits per heavy atom. The number of aromatic nitrogens is 4. The first-order valence-corrected chi connectivity index (χ1v) is 8.15. The van der Waals surface area contributed by atoms with Gasteiger partial charge in [0, 0.05) is 35.9 Å². The van der Waals surface area contributed by atoms with Crippen molar-refractivity contribution in [3.63, 3.8) is 0 Å². The molecule has 0 unspecified atom stereocenters. The normalized spacial score (nSPS) is 10.6. The lowest BCUT2D eigenvalue weighted by atomic mass is 10.2. The van der Waals surface area contributed by atoms with Gasteiger partial charge in [0.2, 0.25) is 0 Å². The van der Waals surface area contributed by atoms with Crippen LogP contribution in [0.4, 0.5) is 9.18 Å². The average molecular weight is 375 g/mol. The molecule has 9 heteroatoms. The number of nitrogens with one attached hydrogen (secondary N) is 1. The standard InChI is InChI=1S/C17H16ClFN6O/c1-24(9-13-14(18)5-2-6-15(13)19)17(26)22-8-12-4-3-7-21-16(12)25-11-20-10-23-25/h2-7,10-11H,8-9H2,1H3,(H,22,26). The molecule has 0 aliphatic rings. The number of benzene rings is 1. The van der Waals surface area contributed by atoms with Crippen LogP contribution in [0.3, 0.4) is 0 Å². The Morgan fingerprint density at radius 1 is 1.35 bits per heavy atom. The summed E-state index contributed by atoms with van der Waals surface area (Å²) in [4.78, 5) is 21.9. The van der Waals surface area contributed by atoms with Crippen LogP contribution in [0, 0.1) is 5.82 Å². The van der Waals surface area contributed by atoms with E-state index < -0.39 is 5.82 Å². The molecule has 134 valence electrons. The van der Waals surface area contributed by atoms with Gasteiger partial charge < -0.3 is 10.2 Å². The van der Waals surface area contributed by atoms with Gasteiger partial charge in [-0.15, -0.1) is 0 Å². The van der Waals surface area contributed by atoms with Gasteiger partial charge in [-0.1, -0.05) is 23.7 Å². The van der Waals surface area contributed by atoms with Crippen LogP contribution >= 0.6 is 11.6 Å². The number of carbonyl (C=O) groups excluding carboxylic acids is 1. The summed E-state index contributed by atoms with van der Waals surface area (Å²) < 4.78 is 15.4. The first-order valence-electron chi connectivity index (χ1n) is 7.77. The van der Waals surface area contributed by atoms with Crippen molar-refractivity contribution in [2.75, 3.05) is 7.05 Å². The van der Waals surface area contributed by atoms with Gasteiger partial charge in [-0.05, 0) is 18.2 Å². The van der Waals surface area contributed by atoms with Gasteiger partial charge in [0.25, 0.3) is 0 Å². The minimum atomic E-state index is -0.446. The Bertz CT molecular complexity index is 882. The van der Waals surface area contributed by atoms with Gasteiger partial charge in [-0.3, -0.25) is 0 Å². The first kappa shape index (κ1) is 17.8. The highest BCUT2D eigenvalue weighted by Crippen LogP contribution is 2.20.